The molecule has 2 nitrogen and oxygen atoms in total. The van der Waals surface area contributed by atoms with Crippen LogP contribution in [-0.4, -0.2) is 18.8 Å². The first-order valence-corrected chi connectivity index (χ1v) is 8.36. The van der Waals surface area contributed by atoms with Crippen molar-refractivity contribution < 1.29 is 4.74 Å². The zero-order valence-electron chi connectivity index (χ0n) is 13.9. The lowest BCUT2D eigenvalue weighted by Gasteiger charge is -2.43. The molecule has 0 spiro atoms. The summed E-state index contributed by atoms with van der Waals surface area (Å²) in [7, 11) is 1.79. The summed E-state index contributed by atoms with van der Waals surface area (Å²) in [4.78, 5) is 0. The summed E-state index contributed by atoms with van der Waals surface area (Å²) in [6.07, 6.45) is 8.45. The molecule has 0 heterocycles. The Morgan fingerprint density at radius 2 is 1.76 bits per heavy atom. The van der Waals surface area contributed by atoms with Crippen molar-refractivity contribution in [3.63, 3.8) is 0 Å². The van der Waals surface area contributed by atoms with Gasteiger partial charge in [-0.2, -0.15) is 0 Å². The number of hydrogen-bond acceptors (Lipinski definition) is 2. The number of methoxy groups -OCH3 is 1. The van der Waals surface area contributed by atoms with Crippen LogP contribution in [0.2, 0.25) is 0 Å². The van der Waals surface area contributed by atoms with Crippen LogP contribution in [0.1, 0.15) is 64.4 Å². The van der Waals surface area contributed by atoms with Crippen molar-refractivity contribution in [3.05, 3.63) is 35.9 Å². The maximum atomic E-state index is 6.72. The quantitative estimate of drug-likeness (QED) is 0.841. The maximum Gasteiger partial charge on any atom is 0.0623 e. The largest absolute Gasteiger partial charge is 0.379 e. The van der Waals surface area contributed by atoms with Gasteiger partial charge in [0, 0.05) is 18.6 Å². The lowest BCUT2D eigenvalue weighted by Crippen LogP contribution is -2.47. The van der Waals surface area contributed by atoms with E-state index in [0.29, 0.717) is 0 Å². The third kappa shape index (κ3) is 3.87. The molecule has 0 bridgehead atoms. The molecule has 0 radical (unpaired) electrons. The highest BCUT2D eigenvalue weighted by atomic mass is 16.5. The normalized spacial score (nSPS) is 20.2. The Balaban J connectivity index is 2.16. The second-order valence-electron chi connectivity index (χ2n) is 7.19. The fraction of sp³-hybridized carbons (Fsp3) is 0.684. The predicted molar refractivity (Wildman–Crippen MR) is 89.5 cm³/mol. The van der Waals surface area contributed by atoms with Gasteiger partial charge in [-0.1, -0.05) is 49.6 Å². The summed E-state index contributed by atoms with van der Waals surface area (Å²) in [5.41, 5.74) is 8.25. The van der Waals surface area contributed by atoms with Gasteiger partial charge in [-0.05, 0) is 45.1 Å². The van der Waals surface area contributed by atoms with Gasteiger partial charge < -0.3 is 10.5 Å². The van der Waals surface area contributed by atoms with Gasteiger partial charge in [0.25, 0.3) is 0 Å². The molecule has 21 heavy (non-hydrogen) atoms. The molecule has 1 aromatic carbocycles. The number of benzene rings is 1. The van der Waals surface area contributed by atoms with Crippen LogP contribution < -0.4 is 5.73 Å². The number of rotatable bonds is 6. The minimum Gasteiger partial charge on any atom is -0.379 e. The van der Waals surface area contributed by atoms with Crippen molar-refractivity contribution >= 4 is 0 Å². The summed E-state index contributed by atoms with van der Waals surface area (Å²) >= 11 is 0. The van der Waals surface area contributed by atoms with E-state index < -0.39 is 0 Å². The number of hydrogen-bond donors (Lipinski definition) is 1. The van der Waals surface area contributed by atoms with E-state index in [-0.39, 0.29) is 17.1 Å². The first-order valence-electron chi connectivity index (χ1n) is 8.36. The lowest BCUT2D eigenvalue weighted by atomic mass is 9.64. The van der Waals surface area contributed by atoms with Gasteiger partial charge >= 0.3 is 0 Å². The molecule has 2 heteroatoms. The van der Waals surface area contributed by atoms with E-state index in [4.69, 9.17) is 10.5 Å². The molecule has 0 saturated heterocycles. The van der Waals surface area contributed by atoms with E-state index in [1.165, 1.54) is 37.7 Å². The van der Waals surface area contributed by atoms with Gasteiger partial charge in [-0.3, -0.25) is 0 Å². The van der Waals surface area contributed by atoms with Crippen LogP contribution in [0.5, 0.6) is 0 Å². The minimum atomic E-state index is -0.0792. The van der Waals surface area contributed by atoms with Crippen LogP contribution in [0.3, 0.4) is 0 Å². The van der Waals surface area contributed by atoms with Crippen LogP contribution in [0, 0.1) is 0 Å². The molecule has 0 aliphatic heterocycles. The Bertz CT molecular complexity index is 420. The third-order valence-electron chi connectivity index (χ3n) is 5.41. The van der Waals surface area contributed by atoms with Gasteiger partial charge in [0.2, 0.25) is 0 Å². The Morgan fingerprint density at radius 3 is 2.33 bits per heavy atom. The fourth-order valence-corrected chi connectivity index (χ4v) is 3.71. The summed E-state index contributed by atoms with van der Waals surface area (Å²) in [5, 5.41) is 0. The van der Waals surface area contributed by atoms with E-state index in [0.717, 1.165) is 12.8 Å². The molecule has 2 N–H and O–H groups in total. The molecule has 2 rings (SSSR count). The average Bonchev–Trinajstić information content (AvgIpc) is 2.54. The second-order valence-corrected chi connectivity index (χ2v) is 7.19. The molecule has 1 saturated carbocycles. The van der Waals surface area contributed by atoms with E-state index in [1.807, 2.05) is 0 Å². The molecule has 1 aliphatic carbocycles. The van der Waals surface area contributed by atoms with Crippen molar-refractivity contribution in [2.45, 2.75) is 75.9 Å². The highest BCUT2D eigenvalue weighted by molar-refractivity contribution is 5.28. The molecule has 0 aromatic heterocycles. The maximum absolute atomic E-state index is 6.72. The van der Waals surface area contributed by atoms with E-state index >= 15 is 0 Å². The van der Waals surface area contributed by atoms with Gasteiger partial charge in [-0.15, -0.1) is 0 Å². The standard InChI is InChI=1S/C19H31NO/c1-18(2,21-3)15-12-17(20)19(13-8-5-9-14-19)16-10-6-4-7-11-16/h4,6-7,10-11,17H,5,8-9,12-15,20H2,1-3H3. The smallest absolute Gasteiger partial charge is 0.0623 e. The van der Waals surface area contributed by atoms with Crippen LogP contribution in [0.15, 0.2) is 30.3 Å². The molecule has 1 unspecified atom stereocenters. The molecule has 1 aromatic rings. The predicted octanol–water partition coefficient (Wildman–Crippen LogP) is 4.42. The minimum absolute atomic E-state index is 0.0792. The SMILES string of the molecule is COC(C)(C)CCC(N)C1(c2ccccc2)CCCCC1. The second kappa shape index (κ2) is 6.93. The summed E-state index contributed by atoms with van der Waals surface area (Å²) in [5.74, 6) is 0. The third-order valence-corrected chi connectivity index (χ3v) is 5.41. The molecule has 0 amide bonds. The lowest BCUT2D eigenvalue weighted by molar-refractivity contribution is 0.00981. The number of ether oxygens (including phenoxy) is 1. The Labute approximate surface area is 130 Å². The average molecular weight is 289 g/mol. The van der Waals surface area contributed by atoms with Crippen molar-refractivity contribution in [1.82, 2.24) is 0 Å². The van der Waals surface area contributed by atoms with Gasteiger partial charge in [0.15, 0.2) is 0 Å². The molecule has 1 fully saturated rings. The summed E-state index contributed by atoms with van der Waals surface area (Å²) in [6, 6.07) is 11.2. The van der Waals surface area contributed by atoms with E-state index in [1.54, 1.807) is 7.11 Å². The molecular weight excluding hydrogens is 258 g/mol. The summed E-state index contributed by atoms with van der Waals surface area (Å²) < 4.78 is 5.56. The molecule has 1 aliphatic rings. The van der Waals surface area contributed by atoms with Crippen molar-refractivity contribution in [1.29, 1.82) is 0 Å². The number of nitrogens with two attached hydrogens (primary N) is 1. The summed E-state index contributed by atoms with van der Waals surface area (Å²) in [6.45, 7) is 4.30. The van der Waals surface area contributed by atoms with E-state index in [9.17, 15) is 0 Å². The van der Waals surface area contributed by atoms with Crippen molar-refractivity contribution in [3.8, 4) is 0 Å². The van der Waals surface area contributed by atoms with Crippen LogP contribution in [0.4, 0.5) is 0 Å². The van der Waals surface area contributed by atoms with Crippen LogP contribution in [-0.2, 0) is 10.2 Å². The van der Waals surface area contributed by atoms with Crippen LogP contribution in [0.25, 0.3) is 0 Å². The highest BCUT2D eigenvalue weighted by Crippen LogP contribution is 2.43. The Hall–Kier alpha value is -0.860. The van der Waals surface area contributed by atoms with Crippen molar-refractivity contribution in [2.24, 2.45) is 5.73 Å². The van der Waals surface area contributed by atoms with Gasteiger partial charge in [-0.25, -0.2) is 0 Å². The zero-order chi connectivity index (χ0) is 15.3. The topological polar surface area (TPSA) is 35.2 Å². The van der Waals surface area contributed by atoms with Gasteiger partial charge in [0.05, 0.1) is 5.60 Å². The fourth-order valence-electron chi connectivity index (χ4n) is 3.71. The zero-order valence-corrected chi connectivity index (χ0v) is 13.9. The molecular formula is C19H31NO. The van der Waals surface area contributed by atoms with Gasteiger partial charge in [0.1, 0.15) is 0 Å². The molecule has 118 valence electrons. The Morgan fingerprint density at radius 1 is 1.14 bits per heavy atom. The first-order chi connectivity index (χ1) is 10.0. The Kier molecular flexibility index (Phi) is 5.45. The van der Waals surface area contributed by atoms with Crippen LogP contribution >= 0.6 is 0 Å². The van der Waals surface area contributed by atoms with E-state index in [2.05, 4.69) is 44.2 Å². The molecule has 1 atom stereocenters. The first kappa shape index (κ1) is 16.5. The van der Waals surface area contributed by atoms with Crippen molar-refractivity contribution in [2.75, 3.05) is 7.11 Å². The monoisotopic (exact) mass is 289 g/mol. The highest BCUT2D eigenvalue weighted by Gasteiger charge is 2.39.